The zero-order chi connectivity index (χ0) is 19.1. The van der Waals surface area contributed by atoms with E-state index in [1.54, 1.807) is 7.11 Å². The van der Waals surface area contributed by atoms with Crippen LogP contribution in [0, 0.1) is 0 Å². The van der Waals surface area contributed by atoms with E-state index in [1.807, 2.05) is 12.1 Å². The van der Waals surface area contributed by atoms with Crippen molar-refractivity contribution in [2.24, 2.45) is 4.99 Å². The van der Waals surface area contributed by atoms with E-state index in [9.17, 15) is 0 Å². The number of para-hydroxylation sites is 1. The first-order chi connectivity index (χ1) is 13.2. The Kier molecular flexibility index (Phi) is 7.35. The molecule has 2 atom stereocenters. The molecule has 0 bridgehead atoms. The van der Waals surface area contributed by atoms with Crippen molar-refractivity contribution in [2.75, 3.05) is 59.6 Å². The Morgan fingerprint density at radius 2 is 2.07 bits per heavy atom. The number of methoxy groups -OCH3 is 1. The quantitative estimate of drug-likeness (QED) is 0.611. The second kappa shape index (κ2) is 9.95. The molecule has 2 heterocycles. The Bertz CT molecular complexity index is 616. The van der Waals surface area contributed by atoms with Gasteiger partial charge >= 0.3 is 0 Å². The van der Waals surface area contributed by atoms with Gasteiger partial charge < -0.3 is 19.7 Å². The lowest BCUT2D eigenvalue weighted by atomic mass is 10.0. The van der Waals surface area contributed by atoms with Crippen LogP contribution in [0.2, 0.25) is 0 Å². The van der Waals surface area contributed by atoms with Crippen molar-refractivity contribution in [3.05, 3.63) is 29.8 Å². The molecular formula is C21H34N4O2. The Morgan fingerprint density at radius 3 is 2.81 bits per heavy atom. The highest BCUT2D eigenvalue weighted by molar-refractivity contribution is 5.80. The highest BCUT2D eigenvalue weighted by Crippen LogP contribution is 2.26. The Labute approximate surface area is 163 Å². The number of nitrogens with zero attached hydrogens (tertiary/aromatic N) is 3. The third kappa shape index (κ3) is 5.14. The normalized spacial score (nSPS) is 22.7. The number of rotatable bonds is 6. The maximum Gasteiger partial charge on any atom is 0.193 e. The van der Waals surface area contributed by atoms with E-state index in [0.29, 0.717) is 12.0 Å². The lowest BCUT2D eigenvalue weighted by Gasteiger charge is -2.32. The van der Waals surface area contributed by atoms with Gasteiger partial charge in [-0.1, -0.05) is 25.1 Å². The monoisotopic (exact) mass is 374 g/mol. The van der Waals surface area contributed by atoms with E-state index < -0.39 is 0 Å². The van der Waals surface area contributed by atoms with Gasteiger partial charge in [0.05, 0.1) is 20.3 Å². The van der Waals surface area contributed by atoms with Crippen LogP contribution in [-0.2, 0) is 4.74 Å². The fraction of sp³-hybridized carbons (Fsp3) is 0.667. The van der Waals surface area contributed by atoms with E-state index in [0.717, 1.165) is 64.2 Å². The molecule has 2 aliphatic rings. The smallest absolute Gasteiger partial charge is 0.193 e. The number of ether oxygens (including phenoxy) is 2. The van der Waals surface area contributed by atoms with Crippen LogP contribution in [0.25, 0.3) is 0 Å². The lowest BCUT2D eigenvalue weighted by molar-refractivity contribution is 0.0195. The Morgan fingerprint density at radius 1 is 1.30 bits per heavy atom. The van der Waals surface area contributed by atoms with Gasteiger partial charge in [-0.2, -0.15) is 0 Å². The Hall–Kier alpha value is -1.79. The fourth-order valence-corrected chi connectivity index (χ4v) is 4.00. The van der Waals surface area contributed by atoms with Crippen LogP contribution in [-0.4, -0.2) is 81.4 Å². The van der Waals surface area contributed by atoms with Crippen molar-refractivity contribution >= 4 is 5.96 Å². The number of morpholine rings is 1. The van der Waals surface area contributed by atoms with Crippen molar-refractivity contribution in [2.45, 2.75) is 32.2 Å². The number of hydrogen-bond donors (Lipinski definition) is 1. The van der Waals surface area contributed by atoms with Gasteiger partial charge in [0.15, 0.2) is 5.96 Å². The fourth-order valence-electron chi connectivity index (χ4n) is 4.00. The van der Waals surface area contributed by atoms with Gasteiger partial charge in [0.1, 0.15) is 5.75 Å². The standard InChI is InChI=1S/C21H34N4O2/c1-4-22-21(23-15-17(2)19-7-5-6-8-20(19)26-3)25-10-9-18(16-25)24-11-13-27-14-12-24/h5-8,17-18H,4,9-16H2,1-3H3,(H,22,23). The highest BCUT2D eigenvalue weighted by atomic mass is 16.5. The number of benzene rings is 1. The molecule has 2 aliphatic heterocycles. The summed E-state index contributed by atoms with van der Waals surface area (Å²) in [6.45, 7) is 11.9. The zero-order valence-corrected chi connectivity index (χ0v) is 17.0. The molecule has 2 unspecified atom stereocenters. The second-order valence-corrected chi connectivity index (χ2v) is 7.37. The minimum absolute atomic E-state index is 0.312. The van der Waals surface area contributed by atoms with Gasteiger partial charge in [0.2, 0.25) is 0 Å². The molecule has 0 radical (unpaired) electrons. The molecule has 0 spiro atoms. The van der Waals surface area contributed by atoms with Crippen LogP contribution in [0.1, 0.15) is 31.7 Å². The van der Waals surface area contributed by atoms with Crippen LogP contribution in [0.3, 0.4) is 0 Å². The number of hydrogen-bond acceptors (Lipinski definition) is 4. The SMILES string of the molecule is CCNC(=NCC(C)c1ccccc1OC)N1CCC(N2CCOCC2)C1. The van der Waals surface area contributed by atoms with E-state index >= 15 is 0 Å². The molecule has 0 aromatic heterocycles. The van der Waals surface area contributed by atoms with Crippen molar-refractivity contribution < 1.29 is 9.47 Å². The number of aliphatic imine (C=N–C) groups is 1. The average Bonchev–Trinajstić information content (AvgIpc) is 3.21. The highest BCUT2D eigenvalue weighted by Gasteiger charge is 2.30. The first kappa shape index (κ1) is 20.0. The number of guanidine groups is 1. The molecule has 6 nitrogen and oxygen atoms in total. The summed E-state index contributed by atoms with van der Waals surface area (Å²) in [6, 6.07) is 8.85. The lowest BCUT2D eigenvalue weighted by Crippen LogP contribution is -2.46. The minimum Gasteiger partial charge on any atom is -0.496 e. The minimum atomic E-state index is 0.312. The number of nitrogens with one attached hydrogen (secondary N) is 1. The molecule has 1 aromatic carbocycles. The van der Waals surface area contributed by atoms with Gasteiger partial charge in [-0.25, -0.2) is 0 Å². The summed E-state index contributed by atoms with van der Waals surface area (Å²) in [5.74, 6) is 2.29. The molecule has 1 N–H and O–H groups in total. The second-order valence-electron chi connectivity index (χ2n) is 7.37. The predicted octanol–water partition coefficient (Wildman–Crippen LogP) is 2.17. The van der Waals surface area contributed by atoms with Crippen LogP contribution < -0.4 is 10.1 Å². The van der Waals surface area contributed by atoms with Crippen LogP contribution in [0.5, 0.6) is 5.75 Å². The summed E-state index contributed by atoms with van der Waals surface area (Å²) in [5.41, 5.74) is 1.22. The van der Waals surface area contributed by atoms with Crippen molar-refractivity contribution in [3.8, 4) is 5.75 Å². The van der Waals surface area contributed by atoms with Crippen molar-refractivity contribution in [3.63, 3.8) is 0 Å². The third-order valence-corrected chi connectivity index (χ3v) is 5.54. The molecule has 2 saturated heterocycles. The molecular weight excluding hydrogens is 340 g/mol. The van der Waals surface area contributed by atoms with Gasteiger partial charge in [0.25, 0.3) is 0 Å². The summed E-state index contributed by atoms with van der Waals surface area (Å²) in [7, 11) is 1.73. The molecule has 150 valence electrons. The van der Waals surface area contributed by atoms with E-state index in [-0.39, 0.29) is 0 Å². The summed E-state index contributed by atoms with van der Waals surface area (Å²) in [6.07, 6.45) is 1.20. The summed E-state index contributed by atoms with van der Waals surface area (Å²) < 4.78 is 11.0. The third-order valence-electron chi connectivity index (χ3n) is 5.54. The van der Waals surface area contributed by atoms with E-state index in [2.05, 4.69) is 41.1 Å². The first-order valence-electron chi connectivity index (χ1n) is 10.2. The van der Waals surface area contributed by atoms with Gasteiger partial charge in [0, 0.05) is 51.2 Å². The van der Waals surface area contributed by atoms with Crippen LogP contribution in [0.4, 0.5) is 0 Å². The van der Waals surface area contributed by atoms with E-state index in [1.165, 1.54) is 12.0 Å². The molecule has 2 fully saturated rings. The van der Waals surface area contributed by atoms with Crippen LogP contribution >= 0.6 is 0 Å². The maximum atomic E-state index is 5.51. The summed E-state index contributed by atoms with van der Waals surface area (Å²) in [4.78, 5) is 9.95. The molecule has 3 rings (SSSR count). The summed E-state index contributed by atoms with van der Waals surface area (Å²) in [5, 5.41) is 3.48. The van der Waals surface area contributed by atoms with Crippen molar-refractivity contribution in [1.29, 1.82) is 0 Å². The first-order valence-corrected chi connectivity index (χ1v) is 10.2. The molecule has 0 saturated carbocycles. The van der Waals surface area contributed by atoms with Gasteiger partial charge in [-0.15, -0.1) is 0 Å². The maximum absolute atomic E-state index is 5.51. The topological polar surface area (TPSA) is 49.3 Å². The zero-order valence-electron chi connectivity index (χ0n) is 17.0. The van der Waals surface area contributed by atoms with E-state index in [4.69, 9.17) is 14.5 Å². The predicted molar refractivity (Wildman–Crippen MR) is 110 cm³/mol. The molecule has 0 aliphatic carbocycles. The molecule has 0 amide bonds. The molecule has 6 heteroatoms. The number of likely N-dealkylation sites (tertiary alicyclic amines) is 1. The van der Waals surface area contributed by atoms with Gasteiger partial charge in [-0.05, 0) is 25.0 Å². The van der Waals surface area contributed by atoms with Crippen LogP contribution in [0.15, 0.2) is 29.3 Å². The van der Waals surface area contributed by atoms with Crippen molar-refractivity contribution in [1.82, 2.24) is 15.1 Å². The largest absolute Gasteiger partial charge is 0.496 e. The molecule has 27 heavy (non-hydrogen) atoms. The summed E-state index contributed by atoms with van der Waals surface area (Å²) >= 11 is 0. The Balaban J connectivity index is 1.62. The average molecular weight is 375 g/mol. The van der Waals surface area contributed by atoms with Gasteiger partial charge in [-0.3, -0.25) is 9.89 Å². The molecule has 1 aromatic rings.